The van der Waals surface area contributed by atoms with Crippen LogP contribution in [0.2, 0.25) is 0 Å². The van der Waals surface area contributed by atoms with E-state index in [0.29, 0.717) is 0 Å². The normalized spacial score (nSPS) is 11.2. The number of anilines is 1. The van der Waals surface area contributed by atoms with Gasteiger partial charge in [-0.05, 0) is 25.2 Å². The monoisotopic (exact) mass is 282 g/mol. The average molecular weight is 282 g/mol. The third-order valence-electron chi connectivity index (χ3n) is 2.16. The summed E-state index contributed by atoms with van der Waals surface area (Å²) in [6.45, 7) is 0. The van der Waals surface area contributed by atoms with Gasteiger partial charge in [0.2, 0.25) is 5.09 Å². The SMILES string of the molecule is CNS(=O)(=O)c1ccc(C(=O)Nc2ccncn2)o1. The van der Waals surface area contributed by atoms with Crippen LogP contribution in [-0.2, 0) is 10.0 Å². The summed E-state index contributed by atoms with van der Waals surface area (Å²) in [6.07, 6.45) is 2.73. The number of hydrogen-bond acceptors (Lipinski definition) is 6. The fraction of sp³-hybridized carbons (Fsp3) is 0.100. The van der Waals surface area contributed by atoms with Gasteiger partial charge >= 0.3 is 0 Å². The number of aromatic nitrogens is 2. The van der Waals surface area contributed by atoms with Crippen LogP contribution >= 0.6 is 0 Å². The first kappa shape index (κ1) is 13.2. The Morgan fingerprint density at radius 3 is 2.74 bits per heavy atom. The molecular formula is C10H10N4O4S. The van der Waals surface area contributed by atoms with Crippen LogP contribution in [0.25, 0.3) is 0 Å². The summed E-state index contributed by atoms with van der Waals surface area (Å²) in [5.74, 6) is -0.446. The first-order chi connectivity index (χ1) is 9.03. The van der Waals surface area contributed by atoms with E-state index >= 15 is 0 Å². The Bertz CT molecular complexity index is 681. The van der Waals surface area contributed by atoms with Crippen molar-refractivity contribution in [1.29, 1.82) is 0 Å². The topological polar surface area (TPSA) is 114 Å². The maximum atomic E-state index is 11.8. The summed E-state index contributed by atoms with van der Waals surface area (Å²) in [4.78, 5) is 19.3. The Kier molecular flexibility index (Phi) is 3.58. The molecular weight excluding hydrogens is 272 g/mol. The van der Waals surface area contributed by atoms with Gasteiger partial charge in [-0.3, -0.25) is 4.79 Å². The Labute approximate surface area is 108 Å². The highest BCUT2D eigenvalue weighted by molar-refractivity contribution is 7.89. The number of furan rings is 1. The quantitative estimate of drug-likeness (QED) is 0.829. The maximum Gasteiger partial charge on any atom is 0.292 e. The fourth-order valence-corrected chi connectivity index (χ4v) is 1.88. The summed E-state index contributed by atoms with van der Waals surface area (Å²) >= 11 is 0. The lowest BCUT2D eigenvalue weighted by atomic mass is 10.4. The highest BCUT2D eigenvalue weighted by Gasteiger charge is 2.19. The number of rotatable bonds is 4. The van der Waals surface area contributed by atoms with E-state index in [2.05, 4.69) is 20.0 Å². The average Bonchev–Trinajstić information content (AvgIpc) is 2.90. The van der Waals surface area contributed by atoms with Crippen LogP contribution in [-0.4, -0.2) is 31.3 Å². The molecule has 0 saturated heterocycles. The minimum absolute atomic E-state index is 0.132. The number of nitrogens with one attached hydrogen (secondary N) is 2. The van der Waals surface area contributed by atoms with E-state index in [4.69, 9.17) is 4.42 Å². The van der Waals surface area contributed by atoms with E-state index in [1.54, 1.807) is 0 Å². The van der Waals surface area contributed by atoms with Gasteiger partial charge in [-0.1, -0.05) is 0 Å². The van der Waals surface area contributed by atoms with Crippen molar-refractivity contribution in [3.8, 4) is 0 Å². The molecule has 2 N–H and O–H groups in total. The lowest BCUT2D eigenvalue weighted by molar-refractivity contribution is 0.0991. The van der Waals surface area contributed by atoms with Gasteiger partial charge in [-0.15, -0.1) is 0 Å². The largest absolute Gasteiger partial charge is 0.438 e. The zero-order valence-electron chi connectivity index (χ0n) is 9.82. The van der Waals surface area contributed by atoms with Gasteiger partial charge in [0.25, 0.3) is 15.9 Å². The molecule has 9 heteroatoms. The molecule has 19 heavy (non-hydrogen) atoms. The van der Waals surface area contributed by atoms with E-state index < -0.39 is 15.9 Å². The van der Waals surface area contributed by atoms with E-state index in [-0.39, 0.29) is 16.7 Å². The van der Waals surface area contributed by atoms with Crippen LogP contribution in [0.4, 0.5) is 5.82 Å². The van der Waals surface area contributed by atoms with Crippen LogP contribution < -0.4 is 10.0 Å². The molecule has 0 aliphatic heterocycles. The summed E-state index contributed by atoms with van der Waals surface area (Å²) in [5, 5.41) is 2.11. The standard InChI is InChI=1S/C10H10N4O4S/c1-11-19(16,17)9-3-2-7(18-9)10(15)14-8-4-5-12-6-13-8/h2-6,11H,1H3,(H,12,13,14,15). The Balaban J connectivity index is 2.18. The highest BCUT2D eigenvalue weighted by atomic mass is 32.2. The molecule has 1 amide bonds. The Morgan fingerprint density at radius 1 is 1.32 bits per heavy atom. The summed E-state index contributed by atoms with van der Waals surface area (Å²) in [5.41, 5.74) is 0. The van der Waals surface area contributed by atoms with E-state index in [9.17, 15) is 13.2 Å². The molecule has 0 aliphatic rings. The van der Waals surface area contributed by atoms with Crippen molar-refractivity contribution in [2.24, 2.45) is 0 Å². The smallest absolute Gasteiger partial charge is 0.292 e. The maximum absolute atomic E-state index is 11.8. The van der Waals surface area contributed by atoms with Gasteiger partial charge in [-0.2, -0.15) is 0 Å². The second kappa shape index (κ2) is 5.16. The predicted molar refractivity (Wildman–Crippen MR) is 64.9 cm³/mol. The van der Waals surface area contributed by atoms with Crippen molar-refractivity contribution in [3.05, 3.63) is 36.5 Å². The van der Waals surface area contributed by atoms with Crippen molar-refractivity contribution < 1.29 is 17.6 Å². The van der Waals surface area contributed by atoms with E-state index in [1.807, 2.05) is 0 Å². The second-order valence-electron chi connectivity index (χ2n) is 3.37. The summed E-state index contributed by atoms with van der Waals surface area (Å²) < 4.78 is 29.9. The van der Waals surface area contributed by atoms with Gasteiger partial charge in [0.05, 0.1) is 0 Å². The molecule has 0 saturated carbocycles. The molecule has 2 rings (SSSR count). The van der Waals surface area contributed by atoms with E-state index in [0.717, 1.165) is 0 Å². The number of nitrogens with zero attached hydrogens (tertiary/aromatic N) is 2. The molecule has 0 unspecified atom stereocenters. The van der Waals surface area contributed by atoms with Crippen molar-refractivity contribution in [1.82, 2.24) is 14.7 Å². The minimum Gasteiger partial charge on any atom is -0.438 e. The van der Waals surface area contributed by atoms with Gasteiger partial charge in [-0.25, -0.2) is 23.1 Å². The van der Waals surface area contributed by atoms with Gasteiger partial charge in [0, 0.05) is 6.20 Å². The zero-order valence-corrected chi connectivity index (χ0v) is 10.6. The molecule has 2 heterocycles. The summed E-state index contributed by atoms with van der Waals surface area (Å²) in [6, 6.07) is 3.95. The van der Waals surface area contributed by atoms with Crippen LogP contribution in [0.5, 0.6) is 0 Å². The second-order valence-corrected chi connectivity index (χ2v) is 5.19. The molecule has 0 aromatic carbocycles. The molecule has 0 radical (unpaired) electrons. The molecule has 2 aromatic heterocycles. The van der Waals surface area contributed by atoms with Gasteiger partial charge in [0.15, 0.2) is 5.76 Å². The molecule has 0 fully saturated rings. The van der Waals surface area contributed by atoms with Crippen LogP contribution in [0.1, 0.15) is 10.6 Å². The molecule has 0 bridgehead atoms. The van der Waals surface area contributed by atoms with Gasteiger partial charge < -0.3 is 9.73 Å². The zero-order chi connectivity index (χ0) is 13.9. The van der Waals surface area contributed by atoms with Crippen molar-refractivity contribution in [2.75, 3.05) is 12.4 Å². The first-order valence-electron chi connectivity index (χ1n) is 5.13. The molecule has 0 spiro atoms. The van der Waals surface area contributed by atoms with Crippen LogP contribution in [0.15, 0.2) is 40.2 Å². The predicted octanol–water partition coefficient (Wildman–Crippen LogP) is 0.230. The molecule has 8 nitrogen and oxygen atoms in total. The number of carbonyl (C=O) groups excluding carboxylic acids is 1. The van der Waals surface area contributed by atoms with Crippen LogP contribution in [0.3, 0.4) is 0 Å². The third-order valence-corrected chi connectivity index (χ3v) is 3.45. The molecule has 0 aliphatic carbocycles. The molecule has 100 valence electrons. The van der Waals surface area contributed by atoms with Crippen molar-refractivity contribution >= 4 is 21.7 Å². The lowest BCUT2D eigenvalue weighted by Gasteiger charge is -2.01. The Hall–Kier alpha value is -2.26. The number of carbonyl (C=O) groups is 1. The van der Waals surface area contributed by atoms with Crippen molar-refractivity contribution in [3.63, 3.8) is 0 Å². The lowest BCUT2D eigenvalue weighted by Crippen LogP contribution is -2.18. The third kappa shape index (κ3) is 2.95. The minimum atomic E-state index is -3.71. The number of hydrogen-bond donors (Lipinski definition) is 2. The molecule has 0 atom stereocenters. The highest BCUT2D eigenvalue weighted by Crippen LogP contribution is 2.14. The van der Waals surface area contributed by atoms with Crippen molar-refractivity contribution in [2.45, 2.75) is 5.09 Å². The molecule has 2 aromatic rings. The first-order valence-corrected chi connectivity index (χ1v) is 6.62. The number of amides is 1. The van der Waals surface area contributed by atoms with Gasteiger partial charge in [0.1, 0.15) is 12.1 Å². The Morgan fingerprint density at radius 2 is 2.11 bits per heavy atom. The summed E-state index contributed by atoms with van der Waals surface area (Å²) in [7, 11) is -2.46. The van der Waals surface area contributed by atoms with Crippen LogP contribution in [0, 0.1) is 0 Å². The number of sulfonamides is 1. The van der Waals surface area contributed by atoms with E-state index in [1.165, 1.54) is 37.8 Å². The fourth-order valence-electron chi connectivity index (χ4n) is 1.23.